The summed E-state index contributed by atoms with van der Waals surface area (Å²) >= 11 is 0. The van der Waals surface area contributed by atoms with Gasteiger partial charge >= 0.3 is 0 Å². The summed E-state index contributed by atoms with van der Waals surface area (Å²) in [4.78, 5) is 25.4. The molecule has 0 aliphatic heterocycles. The smallest absolute Gasteiger partial charge is 0.162 e. The Bertz CT molecular complexity index is 786. The van der Waals surface area contributed by atoms with E-state index in [9.17, 15) is 9.59 Å². The number of ether oxygens (including phenoxy) is 2. The number of hydrogen-bond donors (Lipinski definition) is 0. The van der Waals surface area contributed by atoms with Crippen molar-refractivity contribution in [3.05, 3.63) is 11.6 Å². The van der Waals surface area contributed by atoms with Crippen molar-refractivity contribution < 1.29 is 19.1 Å². The molecule has 0 aromatic rings. The van der Waals surface area contributed by atoms with Crippen LogP contribution in [0.15, 0.2) is 11.6 Å². The molecule has 4 nitrogen and oxygen atoms in total. The van der Waals surface area contributed by atoms with Gasteiger partial charge < -0.3 is 9.47 Å². The van der Waals surface area contributed by atoms with Gasteiger partial charge in [0.1, 0.15) is 12.4 Å². The zero-order valence-electron chi connectivity index (χ0n) is 18.6. The highest BCUT2D eigenvalue weighted by molar-refractivity contribution is 5.96. The number of methoxy groups -OCH3 is 1. The molecule has 0 unspecified atom stereocenters. The molecule has 0 radical (unpaired) electrons. The highest BCUT2D eigenvalue weighted by Gasteiger charge is 2.70. The number of ketones is 2. The van der Waals surface area contributed by atoms with Crippen molar-refractivity contribution in [2.75, 3.05) is 13.9 Å². The molecule has 0 bridgehead atoms. The minimum absolute atomic E-state index is 0.122. The molecule has 0 saturated heterocycles. The van der Waals surface area contributed by atoms with Crippen LogP contribution in [0.1, 0.15) is 66.2 Å². The lowest BCUT2D eigenvalue weighted by Gasteiger charge is -2.60. The van der Waals surface area contributed by atoms with Gasteiger partial charge in [-0.05, 0) is 86.5 Å². The molecule has 9 atom stereocenters. The third kappa shape index (κ3) is 2.34. The average molecular weight is 401 g/mol. The van der Waals surface area contributed by atoms with Gasteiger partial charge in [-0.15, -0.1) is 0 Å². The normalized spacial score (nSPS) is 52.7. The van der Waals surface area contributed by atoms with E-state index in [1.54, 1.807) is 14.0 Å². The molecule has 5 aliphatic rings. The van der Waals surface area contributed by atoms with Crippen LogP contribution < -0.4 is 0 Å². The number of Topliss-reactive ketones (excluding diaryl/α,β-unsaturated/α-hetero) is 1. The van der Waals surface area contributed by atoms with E-state index in [0.29, 0.717) is 35.4 Å². The predicted octanol–water partition coefficient (Wildman–Crippen LogP) is 4.57. The lowest BCUT2D eigenvalue weighted by Crippen LogP contribution is -2.59. The maximum absolute atomic E-state index is 12.9. The van der Waals surface area contributed by atoms with Gasteiger partial charge in [0.25, 0.3) is 0 Å². The molecular formula is C25H36O4. The van der Waals surface area contributed by atoms with Crippen molar-refractivity contribution in [1.82, 2.24) is 0 Å². The van der Waals surface area contributed by atoms with Gasteiger partial charge in [0.05, 0.1) is 0 Å². The van der Waals surface area contributed by atoms with E-state index in [1.165, 1.54) is 5.57 Å². The summed E-state index contributed by atoms with van der Waals surface area (Å²) in [5.41, 5.74) is 0.793. The Labute approximate surface area is 174 Å². The second-order valence-corrected chi connectivity index (χ2v) is 11.2. The van der Waals surface area contributed by atoms with E-state index in [2.05, 4.69) is 20.8 Å². The van der Waals surface area contributed by atoms with E-state index in [-0.39, 0.29) is 29.3 Å². The van der Waals surface area contributed by atoms with Gasteiger partial charge in [-0.3, -0.25) is 9.59 Å². The summed E-state index contributed by atoms with van der Waals surface area (Å²) in [6.07, 6.45) is 8.33. The Morgan fingerprint density at radius 2 is 1.86 bits per heavy atom. The summed E-state index contributed by atoms with van der Waals surface area (Å²) < 4.78 is 11.5. The Kier molecular flexibility index (Phi) is 4.30. The average Bonchev–Trinajstić information content (AvgIpc) is 3.42. The van der Waals surface area contributed by atoms with Crippen molar-refractivity contribution >= 4 is 11.6 Å². The second-order valence-electron chi connectivity index (χ2n) is 11.2. The minimum atomic E-state index is -0.705. The van der Waals surface area contributed by atoms with Crippen LogP contribution in [0, 0.1) is 46.3 Å². The molecule has 160 valence electrons. The molecule has 29 heavy (non-hydrogen) atoms. The van der Waals surface area contributed by atoms with Gasteiger partial charge in [0, 0.05) is 18.4 Å². The Balaban J connectivity index is 1.53. The van der Waals surface area contributed by atoms with Crippen LogP contribution in [-0.4, -0.2) is 31.1 Å². The summed E-state index contributed by atoms with van der Waals surface area (Å²) in [6.45, 7) is 9.02. The molecule has 0 heterocycles. The maximum atomic E-state index is 12.9. The van der Waals surface area contributed by atoms with Crippen molar-refractivity contribution in [3.8, 4) is 0 Å². The molecule has 5 rings (SSSR count). The van der Waals surface area contributed by atoms with Crippen LogP contribution in [-0.2, 0) is 19.1 Å². The van der Waals surface area contributed by atoms with Crippen LogP contribution >= 0.6 is 0 Å². The molecule has 0 aromatic heterocycles. The fourth-order valence-corrected chi connectivity index (χ4v) is 8.94. The summed E-state index contributed by atoms with van der Waals surface area (Å²) in [6, 6.07) is 0. The molecule has 0 spiro atoms. The quantitative estimate of drug-likeness (QED) is 0.649. The summed E-state index contributed by atoms with van der Waals surface area (Å²) in [5.74, 6) is 3.62. The first kappa shape index (κ1) is 19.9. The lowest BCUT2D eigenvalue weighted by atomic mass is 9.44. The molecule has 4 saturated carbocycles. The Morgan fingerprint density at radius 3 is 2.55 bits per heavy atom. The van der Waals surface area contributed by atoms with Gasteiger partial charge in [-0.2, -0.15) is 0 Å². The number of hydrogen-bond acceptors (Lipinski definition) is 4. The second kappa shape index (κ2) is 6.26. The fourth-order valence-electron chi connectivity index (χ4n) is 8.94. The van der Waals surface area contributed by atoms with Crippen LogP contribution in [0.5, 0.6) is 0 Å². The molecule has 0 N–H and O–H groups in total. The molecule has 4 heteroatoms. The minimum Gasteiger partial charge on any atom is -0.359 e. The third-order valence-electron chi connectivity index (χ3n) is 10.3. The van der Waals surface area contributed by atoms with Crippen LogP contribution in [0.2, 0.25) is 0 Å². The maximum Gasteiger partial charge on any atom is 0.162 e. The molecule has 0 aromatic carbocycles. The first-order valence-corrected chi connectivity index (χ1v) is 11.6. The van der Waals surface area contributed by atoms with Crippen LogP contribution in [0.25, 0.3) is 0 Å². The first-order chi connectivity index (χ1) is 13.7. The largest absolute Gasteiger partial charge is 0.359 e. The monoisotopic (exact) mass is 400 g/mol. The zero-order valence-corrected chi connectivity index (χ0v) is 18.6. The lowest BCUT2D eigenvalue weighted by molar-refractivity contribution is -0.201. The number of fused-ring (bicyclic) bond motifs is 7. The number of rotatable bonds is 4. The van der Waals surface area contributed by atoms with Crippen LogP contribution in [0.4, 0.5) is 0 Å². The van der Waals surface area contributed by atoms with Crippen LogP contribution in [0.3, 0.4) is 0 Å². The third-order valence-corrected chi connectivity index (χ3v) is 10.3. The number of allylic oxidation sites excluding steroid dienone is 1. The zero-order chi connectivity index (χ0) is 20.8. The van der Waals surface area contributed by atoms with Crippen molar-refractivity contribution in [2.45, 2.75) is 71.8 Å². The molecular weight excluding hydrogens is 364 g/mol. The van der Waals surface area contributed by atoms with E-state index in [4.69, 9.17) is 9.47 Å². The Morgan fingerprint density at radius 1 is 1.14 bits per heavy atom. The number of carbonyl (C=O) groups is 2. The predicted molar refractivity (Wildman–Crippen MR) is 110 cm³/mol. The summed E-state index contributed by atoms with van der Waals surface area (Å²) in [7, 11) is 1.63. The van der Waals surface area contributed by atoms with Gasteiger partial charge in [-0.25, -0.2) is 0 Å². The highest BCUT2D eigenvalue weighted by Crippen LogP contribution is 2.73. The van der Waals surface area contributed by atoms with Gasteiger partial charge in [0.2, 0.25) is 0 Å². The SMILES string of the molecule is COCO[C@]1(C(C)=O)CC[C@H]2[C@@H]3C[C@H](C)C4=CC(=O)[C@@H]5C[C@@H]5[C@]4(C)[C@H]3CC[C@@]21C. The van der Waals surface area contributed by atoms with E-state index in [0.717, 1.165) is 38.5 Å². The first-order valence-electron chi connectivity index (χ1n) is 11.6. The van der Waals surface area contributed by atoms with E-state index in [1.807, 2.05) is 6.08 Å². The number of carbonyl (C=O) groups excluding carboxylic acids is 2. The van der Waals surface area contributed by atoms with Gasteiger partial charge in [-0.1, -0.05) is 26.3 Å². The fraction of sp³-hybridized carbons (Fsp3) is 0.840. The molecule has 0 amide bonds. The topological polar surface area (TPSA) is 52.6 Å². The van der Waals surface area contributed by atoms with Crippen molar-refractivity contribution in [1.29, 1.82) is 0 Å². The standard InChI is InChI=1S/C25H36O4/c1-14-10-16-18-7-9-25(15(2)26,29-13-28-5)23(18,3)8-6-19(16)24(4)20(14)12-22(27)17-11-21(17)24/h12,14,16-19,21H,6-11,13H2,1-5H3/t14-,16-,17+,18-,19-,21-,23-,24+,25-/m0/s1. The summed E-state index contributed by atoms with van der Waals surface area (Å²) in [5, 5.41) is 0. The van der Waals surface area contributed by atoms with Crippen molar-refractivity contribution in [2.24, 2.45) is 46.3 Å². The Hall–Kier alpha value is -1.00. The van der Waals surface area contributed by atoms with E-state index >= 15 is 0 Å². The van der Waals surface area contributed by atoms with Crippen molar-refractivity contribution in [3.63, 3.8) is 0 Å². The molecule has 4 fully saturated rings. The van der Waals surface area contributed by atoms with Gasteiger partial charge in [0.15, 0.2) is 11.6 Å². The highest BCUT2D eigenvalue weighted by atomic mass is 16.7. The molecule has 5 aliphatic carbocycles. The van der Waals surface area contributed by atoms with E-state index < -0.39 is 5.60 Å².